The van der Waals surface area contributed by atoms with Crippen LogP contribution in [0, 0.1) is 0 Å². The predicted octanol–water partition coefficient (Wildman–Crippen LogP) is 1.66. The van der Waals surface area contributed by atoms with Crippen LogP contribution in [0.25, 0.3) is 0 Å². The zero-order valence-corrected chi connectivity index (χ0v) is 17.8. The number of nitrogens with one attached hydrogen (secondary N) is 2. The van der Waals surface area contributed by atoms with Crippen LogP contribution in [-0.2, 0) is 4.79 Å². The summed E-state index contributed by atoms with van der Waals surface area (Å²) in [7, 11) is 0. The van der Waals surface area contributed by atoms with Crippen molar-refractivity contribution in [3.05, 3.63) is 54.2 Å². The number of anilines is 2. The minimum Gasteiger partial charge on any atom is -0.369 e. The molecule has 0 spiro atoms. The molecule has 2 fully saturated rings. The van der Waals surface area contributed by atoms with Gasteiger partial charge in [-0.3, -0.25) is 25.3 Å². The Hall–Kier alpha value is -3.13. The fourth-order valence-electron chi connectivity index (χ4n) is 4.14. The number of hydrazine groups is 1. The van der Waals surface area contributed by atoms with Gasteiger partial charge < -0.3 is 9.80 Å². The second-order valence-electron chi connectivity index (χ2n) is 7.99. The molecule has 0 saturated carbocycles. The average Bonchev–Trinajstić information content (AvgIpc) is 3.37. The molecule has 3 heterocycles. The Balaban J connectivity index is 1.19. The number of rotatable bonds is 6. The van der Waals surface area contributed by atoms with Crippen LogP contribution in [0.2, 0.25) is 0 Å². The van der Waals surface area contributed by atoms with Gasteiger partial charge in [-0.15, -0.1) is 0 Å². The number of aromatic nitrogens is 1. The molecule has 164 valence electrons. The van der Waals surface area contributed by atoms with Crippen LogP contribution in [-0.4, -0.2) is 67.5 Å². The number of carbonyl (C=O) groups is 2. The molecule has 0 radical (unpaired) electrons. The lowest BCUT2D eigenvalue weighted by Crippen LogP contribution is -2.48. The van der Waals surface area contributed by atoms with Crippen LogP contribution in [0.1, 0.15) is 29.6 Å². The molecule has 0 bridgehead atoms. The zero-order chi connectivity index (χ0) is 21.5. The third-order valence-electron chi connectivity index (χ3n) is 5.90. The number of pyridine rings is 1. The molecule has 0 unspecified atom stereocenters. The van der Waals surface area contributed by atoms with Crippen LogP contribution >= 0.6 is 0 Å². The number of para-hydroxylation sites is 1. The van der Waals surface area contributed by atoms with Crippen LogP contribution in [0.15, 0.2) is 48.7 Å². The number of carbonyl (C=O) groups excluding carboxylic acids is 2. The Morgan fingerprint density at radius 3 is 2.32 bits per heavy atom. The molecule has 8 nitrogen and oxygen atoms in total. The van der Waals surface area contributed by atoms with Gasteiger partial charge in [0.2, 0.25) is 5.91 Å². The van der Waals surface area contributed by atoms with Crippen molar-refractivity contribution in [2.45, 2.75) is 19.3 Å². The van der Waals surface area contributed by atoms with E-state index in [-0.39, 0.29) is 11.8 Å². The summed E-state index contributed by atoms with van der Waals surface area (Å²) in [5.41, 5.74) is 6.83. The number of piperazine rings is 1. The quantitative estimate of drug-likeness (QED) is 0.689. The van der Waals surface area contributed by atoms with Gasteiger partial charge in [0.1, 0.15) is 5.82 Å². The predicted molar refractivity (Wildman–Crippen MR) is 121 cm³/mol. The molecule has 2 aliphatic rings. The van der Waals surface area contributed by atoms with Crippen molar-refractivity contribution < 1.29 is 9.59 Å². The second kappa shape index (κ2) is 10.3. The van der Waals surface area contributed by atoms with Crippen molar-refractivity contribution in [1.82, 2.24) is 20.7 Å². The molecule has 0 atom stereocenters. The van der Waals surface area contributed by atoms with Gasteiger partial charge in [0.25, 0.3) is 5.91 Å². The maximum absolute atomic E-state index is 12.6. The first-order chi connectivity index (χ1) is 15.2. The Kier molecular flexibility index (Phi) is 6.99. The average molecular weight is 423 g/mol. The molecule has 2 N–H and O–H groups in total. The van der Waals surface area contributed by atoms with Gasteiger partial charge in [0.15, 0.2) is 0 Å². The summed E-state index contributed by atoms with van der Waals surface area (Å²) >= 11 is 0. The highest BCUT2D eigenvalue weighted by molar-refractivity contribution is 5.99. The van der Waals surface area contributed by atoms with Crippen LogP contribution in [0.4, 0.5) is 11.5 Å². The molecule has 1 aromatic carbocycles. The lowest BCUT2D eigenvalue weighted by molar-refractivity contribution is -0.122. The van der Waals surface area contributed by atoms with Gasteiger partial charge in [0.05, 0.1) is 5.56 Å². The van der Waals surface area contributed by atoms with Gasteiger partial charge >= 0.3 is 0 Å². The zero-order valence-electron chi connectivity index (χ0n) is 17.8. The molecular weight excluding hydrogens is 392 g/mol. The van der Waals surface area contributed by atoms with Crippen molar-refractivity contribution in [3.63, 3.8) is 0 Å². The van der Waals surface area contributed by atoms with E-state index in [1.54, 1.807) is 18.3 Å². The van der Waals surface area contributed by atoms with E-state index in [9.17, 15) is 9.59 Å². The second-order valence-corrected chi connectivity index (χ2v) is 7.99. The number of nitrogens with zero attached hydrogens (tertiary/aromatic N) is 4. The van der Waals surface area contributed by atoms with Crippen molar-refractivity contribution in [1.29, 1.82) is 0 Å². The Morgan fingerprint density at radius 1 is 0.839 bits per heavy atom. The fraction of sp³-hybridized carbons (Fsp3) is 0.435. The summed E-state index contributed by atoms with van der Waals surface area (Å²) in [6, 6.07) is 13.9. The Labute approximate surface area is 183 Å². The highest BCUT2D eigenvalue weighted by Crippen LogP contribution is 2.21. The van der Waals surface area contributed by atoms with Gasteiger partial charge in [-0.2, -0.15) is 0 Å². The first-order valence-corrected chi connectivity index (χ1v) is 11.0. The molecule has 2 aromatic rings. The highest BCUT2D eigenvalue weighted by Gasteiger charge is 2.21. The van der Waals surface area contributed by atoms with Gasteiger partial charge in [-0.25, -0.2) is 4.98 Å². The minimum absolute atomic E-state index is 0.189. The topological polar surface area (TPSA) is 80.8 Å². The third-order valence-corrected chi connectivity index (χ3v) is 5.90. The smallest absolute Gasteiger partial charge is 0.273 e. The summed E-state index contributed by atoms with van der Waals surface area (Å²) < 4.78 is 0. The molecule has 2 amide bonds. The number of benzene rings is 1. The van der Waals surface area contributed by atoms with Gasteiger partial charge in [-0.1, -0.05) is 18.2 Å². The van der Waals surface area contributed by atoms with Crippen LogP contribution in [0.3, 0.4) is 0 Å². The van der Waals surface area contributed by atoms with E-state index >= 15 is 0 Å². The summed E-state index contributed by atoms with van der Waals surface area (Å²) in [6.07, 6.45) is 4.25. The molecule has 2 saturated heterocycles. The lowest BCUT2D eigenvalue weighted by Gasteiger charge is -2.36. The van der Waals surface area contributed by atoms with Crippen molar-refractivity contribution in [2.75, 3.05) is 55.6 Å². The van der Waals surface area contributed by atoms with Gasteiger partial charge in [0, 0.05) is 64.1 Å². The largest absolute Gasteiger partial charge is 0.369 e. The first kappa shape index (κ1) is 21.1. The highest BCUT2D eigenvalue weighted by atomic mass is 16.2. The standard InChI is InChI=1S/C23H30N6O2/c30-21(10-14-27-15-17-28(18-16-27)19-7-2-1-3-8-19)25-26-23(31)20-9-6-11-24-22(20)29-12-4-5-13-29/h1-3,6-9,11H,4-5,10,12-18H2,(H,25,30)(H,26,31). The van der Waals surface area contributed by atoms with Crippen molar-refractivity contribution in [3.8, 4) is 0 Å². The van der Waals surface area contributed by atoms with Crippen molar-refractivity contribution >= 4 is 23.3 Å². The molecule has 8 heteroatoms. The van der Waals surface area contributed by atoms with Crippen molar-refractivity contribution in [2.24, 2.45) is 0 Å². The van der Waals surface area contributed by atoms with Crippen LogP contribution < -0.4 is 20.7 Å². The molecule has 2 aliphatic heterocycles. The Morgan fingerprint density at radius 2 is 1.58 bits per heavy atom. The Bertz CT molecular complexity index is 877. The van der Waals surface area contributed by atoms with Crippen LogP contribution in [0.5, 0.6) is 0 Å². The molecular formula is C23H30N6O2. The minimum atomic E-state index is -0.333. The monoisotopic (exact) mass is 422 g/mol. The van der Waals surface area contributed by atoms with E-state index in [1.165, 1.54) is 5.69 Å². The lowest BCUT2D eigenvalue weighted by atomic mass is 10.2. The van der Waals surface area contributed by atoms with E-state index in [2.05, 4.69) is 54.8 Å². The third kappa shape index (κ3) is 5.52. The summed E-state index contributed by atoms with van der Waals surface area (Å²) in [5, 5.41) is 0. The van der Waals surface area contributed by atoms with E-state index < -0.39 is 0 Å². The maximum Gasteiger partial charge on any atom is 0.273 e. The fourth-order valence-corrected chi connectivity index (χ4v) is 4.14. The van der Waals surface area contributed by atoms with Gasteiger partial charge in [-0.05, 0) is 37.1 Å². The summed E-state index contributed by atoms with van der Waals surface area (Å²) in [4.78, 5) is 36.0. The molecule has 1 aromatic heterocycles. The first-order valence-electron chi connectivity index (χ1n) is 11.0. The summed E-state index contributed by atoms with van der Waals surface area (Å²) in [6.45, 7) is 6.22. The van der Waals surface area contributed by atoms with E-state index in [0.29, 0.717) is 24.3 Å². The number of hydrogen-bond donors (Lipinski definition) is 2. The maximum atomic E-state index is 12.6. The summed E-state index contributed by atoms with van der Waals surface area (Å²) in [5.74, 6) is 0.160. The van der Waals surface area contributed by atoms with E-state index in [1.807, 2.05) is 6.07 Å². The normalized spacial score (nSPS) is 16.9. The number of amides is 2. The number of hydrogen-bond acceptors (Lipinski definition) is 6. The molecule has 31 heavy (non-hydrogen) atoms. The molecule has 4 rings (SSSR count). The van der Waals surface area contributed by atoms with E-state index in [4.69, 9.17) is 0 Å². The van der Waals surface area contributed by atoms with E-state index in [0.717, 1.165) is 52.1 Å². The molecule has 0 aliphatic carbocycles. The SMILES string of the molecule is O=C(CCN1CCN(c2ccccc2)CC1)NNC(=O)c1cccnc1N1CCCC1.